The van der Waals surface area contributed by atoms with Crippen molar-refractivity contribution >= 4 is 94.2 Å². The number of para-hydroxylation sites is 4. The predicted octanol–water partition coefficient (Wildman–Crippen LogP) is 12.4. The summed E-state index contributed by atoms with van der Waals surface area (Å²) in [6, 6.07) is 92.2. The third kappa shape index (κ3) is 5.33. The highest BCUT2D eigenvalue weighted by Gasteiger charge is 2.41. The molecule has 0 unspecified atom stereocenters. The molecule has 3 aromatic heterocycles. The highest BCUT2D eigenvalue weighted by molar-refractivity contribution is 7.20. The Bertz CT molecular complexity index is 3750. The molecule has 300 valence electrons. The van der Waals surface area contributed by atoms with E-state index in [9.17, 15) is 0 Å². The lowest BCUT2D eigenvalue weighted by Crippen LogP contribution is -2.74. The summed E-state index contributed by atoms with van der Waals surface area (Å²) in [5, 5.41) is 13.0. The van der Waals surface area contributed by atoms with Crippen LogP contribution in [0.15, 0.2) is 249 Å². The third-order valence-corrected chi connectivity index (χ3v) is 18.3. The molecule has 0 fully saturated rings. The second-order valence-electron chi connectivity index (χ2n) is 16.9. The summed E-state index contributed by atoms with van der Waals surface area (Å²) in [5.41, 5.74) is 10.6. The van der Waals surface area contributed by atoms with Crippen molar-refractivity contribution in [1.29, 1.82) is 0 Å². The van der Waals surface area contributed by atoms with Crippen LogP contribution in [0.3, 0.4) is 0 Å². The van der Waals surface area contributed by atoms with Gasteiger partial charge in [0.1, 0.15) is 0 Å². The van der Waals surface area contributed by atoms with Crippen molar-refractivity contribution in [2.45, 2.75) is 0 Å². The smallest absolute Gasteiger partial charge is 0.179 e. The lowest BCUT2D eigenvalue weighted by Gasteiger charge is -2.34. The maximum atomic E-state index is 2.51. The van der Waals surface area contributed by atoms with Crippen LogP contribution in [-0.4, -0.2) is 21.8 Å². The second kappa shape index (κ2) is 14.5. The summed E-state index contributed by atoms with van der Waals surface area (Å²) >= 11 is 0. The average molecular weight is 832 g/mol. The first-order valence-electron chi connectivity index (χ1n) is 22.1. The third-order valence-electron chi connectivity index (χ3n) is 13.6. The van der Waals surface area contributed by atoms with Crippen molar-refractivity contribution in [1.82, 2.24) is 13.7 Å². The van der Waals surface area contributed by atoms with Crippen molar-refractivity contribution in [3.05, 3.63) is 249 Å². The fourth-order valence-electron chi connectivity index (χ4n) is 10.9. The molecule has 0 aliphatic rings. The Kier molecular flexibility index (Phi) is 8.23. The van der Waals surface area contributed by atoms with Crippen molar-refractivity contribution < 1.29 is 0 Å². The number of nitrogens with zero attached hydrogens (tertiary/aromatic N) is 3. The fraction of sp³-hybridized carbons (Fsp3) is 0. The van der Waals surface area contributed by atoms with Gasteiger partial charge in [-0.15, -0.1) is 0 Å². The lowest BCUT2D eigenvalue weighted by molar-refractivity contribution is 1.13. The maximum absolute atomic E-state index is 2.74. The number of rotatable bonds is 7. The Hall–Kier alpha value is -8.18. The second-order valence-corrected chi connectivity index (χ2v) is 20.7. The number of hydrogen-bond acceptors (Lipinski definition) is 0. The Labute approximate surface area is 372 Å². The molecule has 0 bridgehead atoms. The summed E-state index contributed by atoms with van der Waals surface area (Å²) in [4.78, 5) is 0. The van der Waals surface area contributed by atoms with Gasteiger partial charge in [0, 0.05) is 49.4 Å². The first-order chi connectivity index (χ1) is 31.8. The van der Waals surface area contributed by atoms with Crippen LogP contribution in [0.1, 0.15) is 0 Å². The van der Waals surface area contributed by atoms with Crippen LogP contribution < -0.4 is 20.7 Å². The van der Waals surface area contributed by atoms with Gasteiger partial charge in [0.2, 0.25) is 0 Å². The molecule has 0 radical (unpaired) electrons. The zero-order valence-electron chi connectivity index (χ0n) is 35.0. The van der Waals surface area contributed by atoms with E-state index in [0.29, 0.717) is 0 Å². The number of fused-ring (bicyclic) bond motifs is 9. The minimum atomic E-state index is -2.74. The summed E-state index contributed by atoms with van der Waals surface area (Å²) < 4.78 is 7.31. The molecule has 0 aliphatic carbocycles. The Morgan fingerprint density at radius 1 is 0.203 bits per heavy atom. The molecule has 13 aromatic rings. The number of benzene rings is 10. The van der Waals surface area contributed by atoms with Crippen molar-refractivity contribution in [3.63, 3.8) is 0 Å². The van der Waals surface area contributed by atoms with Gasteiger partial charge in [-0.05, 0) is 87.5 Å². The van der Waals surface area contributed by atoms with Crippen molar-refractivity contribution in [3.8, 4) is 17.1 Å². The standard InChI is InChI=1S/C60H41N3Si/c1-4-21-45(22-5-1)64(46-23-6-2-7-24-46,47-25-8-3-9-26-47)48-36-38-60-54(41-48)52-30-13-17-34-58(52)62(60)43-20-18-19-42(39-43)61-57-33-16-12-29-51(57)53-40-44(35-37-59(53)61)63-55-31-14-10-27-49(55)50-28-11-15-32-56(50)63/h1-41H. The van der Waals surface area contributed by atoms with Crippen molar-refractivity contribution in [2.75, 3.05) is 0 Å². The monoisotopic (exact) mass is 831 g/mol. The normalized spacial score (nSPS) is 12.1. The van der Waals surface area contributed by atoms with E-state index in [2.05, 4.69) is 262 Å². The zero-order chi connectivity index (χ0) is 42.2. The molecular formula is C60H41N3Si. The summed E-state index contributed by atoms with van der Waals surface area (Å²) in [7, 11) is -2.74. The molecule has 13 rings (SSSR count). The number of aromatic nitrogens is 3. The molecular weight excluding hydrogens is 791 g/mol. The summed E-state index contributed by atoms with van der Waals surface area (Å²) in [6.45, 7) is 0. The van der Waals surface area contributed by atoms with Gasteiger partial charge >= 0.3 is 0 Å². The van der Waals surface area contributed by atoms with E-state index in [-0.39, 0.29) is 0 Å². The van der Waals surface area contributed by atoms with E-state index in [0.717, 1.165) is 17.1 Å². The molecule has 3 nitrogen and oxygen atoms in total. The molecule has 0 aliphatic heterocycles. The van der Waals surface area contributed by atoms with E-state index in [1.54, 1.807) is 0 Å². The van der Waals surface area contributed by atoms with Gasteiger partial charge in [-0.2, -0.15) is 0 Å². The van der Waals surface area contributed by atoms with Crippen LogP contribution in [0.25, 0.3) is 82.5 Å². The molecule has 0 atom stereocenters. The molecule has 0 saturated heterocycles. The average Bonchev–Trinajstić information content (AvgIpc) is 4.01. The van der Waals surface area contributed by atoms with E-state index in [1.807, 2.05) is 0 Å². The molecule has 10 aromatic carbocycles. The highest BCUT2D eigenvalue weighted by atomic mass is 28.3. The quantitative estimate of drug-likeness (QED) is 0.112. The summed E-state index contributed by atoms with van der Waals surface area (Å²) in [6.07, 6.45) is 0. The topological polar surface area (TPSA) is 14.8 Å². The van der Waals surface area contributed by atoms with Crippen LogP contribution in [0.2, 0.25) is 0 Å². The van der Waals surface area contributed by atoms with Gasteiger partial charge in [0.25, 0.3) is 0 Å². The zero-order valence-corrected chi connectivity index (χ0v) is 36.0. The van der Waals surface area contributed by atoms with E-state index in [1.165, 1.54) is 86.2 Å². The van der Waals surface area contributed by atoms with Gasteiger partial charge in [-0.3, -0.25) is 0 Å². The Balaban J connectivity index is 1.01. The molecule has 4 heteroatoms. The Morgan fingerprint density at radius 3 is 0.969 bits per heavy atom. The first kappa shape index (κ1) is 36.5. The maximum Gasteiger partial charge on any atom is 0.179 e. The van der Waals surface area contributed by atoms with Crippen LogP contribution in [0.5, 0.6) is 0 Å². The van der Waals surface area contributed by atoms with Crippen molar-refractivity contribution in [2.24, 2.45) is 0 Å². The highest BCUT2D eigenvalue weighted by Crippen LogP contribution is 2.38. The molecule has 0 spiro atoms. The molecule has 0 N–H and O–H groups in total. The van der Waals surface area contributed by atoms with Gasteiger partial charge in [0.05, 0.1) is 33.1 Å². The first-order valence-corrected chi connectivity index (χ1v) is 24.1. The Morgan fingerprint density at radius 2 is 0.531 bits per heavy atom. The van der Waals surface area contributed by atoms with Crippen LogP contribution in [0, 0.1) is 0 Å². The fourth-order valence-corrected chi connectivity index (χ4v) is 15.7. The van der Waals surface area contributed by atoms with E-state index < -0.39 is 8.07 Å². The van der Waals surface area contributed by atoms with Crippen LogP contribution >= 0.6 is 0 Å². The van der Waals surface area contributed by atoms with Gasteiger partial charge < -0.3 is 13.7 Å². The molecule has 64 heavy (non-hydrogen) atoms. The lowest BCUT2D eigenvalue weighted by atomic mass is 10.1. The summed E-state index contributed by atoms with van der Waals surface area (Å²) in [5.74, 6) is 0. The predicted molar refractivity (Wildman–Crippen MR) is 273 cm³/mol. The molecule has 0 amide bonds. The molecule has 0 saturated carbocycles. The van der Waals surface area contributed by atoms with E-state index >= 15 is 0 Å². The van der Waals surface area contributed by atoms with Crippen LogP contribution in [0.4, 0.5) is 0 Å². The number of hydrogen-bond donors (Lipinski definition) is 0. The van der Waals surface area contributed by atoms with Gasteiger partial charge in [0.15, 0.2) is 8.07 Å². The van der Waals surface area contributed by atoms with Crippen LogP contribution in [-0.2, 0) is 0 Å². The minimum Gasteiger partial charge on any atom is -0.309 e. The van der Waals surface area contributed by atoms with Gasteiger partial charge in [-0.25, -0.2) is 0 Å². The van der Waals surface area contributed by atoms with E-state index in [4.69, 9.17) is 0 Å². The minimum absolute atomic E-state index is 1.12. The largest absolute Gasteiger partial charge is 0.309 e. The SMILES string of the molecule is c1ccc([Si](c2ccccc2)(c2ccccc2)c2ccc3c(c2)c2ccccc2n3-c2cccc(-n3c4ccccc4c4cc(-n5c6ccccc6c6ccccc65)ccc43)c2)cc1. The van der Waals surface area contributed by atoms with Gasteiger partial charge in [-0.1, -0.05) is 182 Å². The molecule has 3 heterocycles.